The summed E-state index contributed by atoms with van der Waals surface area (Å²) in [6, 6.07) is 0.164. The largest absolute Gasteiger partial charge is 0.481 e. The van der Waals surface area contributed by atoms with Crippen LogP contribution in [0.3, 0.4) is 0 Å². The van der Waals surface area contributed by atoms with Crippen molar-refractivity contribution in [2.75, 3.05) is 6.61 Å². The third-order valence-corrected chi connectivity index (χ3v) is 8.92. The fraction of sp³-hybridized carbons (Fsp3) is 0.682. The van der Waals surface area contributed by atoms with Gasteiger partial charge in [0.25, 0.3) is 5.91 Å². The Bertz CT molecular complexity index is 743. The van der Waals surface area contributed by atoms with Crippen molar-refractivity contribution in [3.8, 4) is 5.75 Å². The predicted octanol–water partition coefficient (Wildman–Crippen LogP) is 6.36. The molecule has 1 N–H and O–H groups in total. The van der Waals surface area contributed by atoms with Crippen molar-refractivity contribution in [1.29, 1.82) is 0 Å². The van der Waals surface area contributed by atoms with E-state index in [4.69, 9.17) is 39.5 Å². The molecule has 4 saturated carbocycles. The molecule has 1 aromatic carbocycles. The van der Waals surface area contributed by atoms with Crippen LogP contribution in [0.4, 0.5) is 0 Å². The van der Waals surface area contributed by atoms with Crippen molar-refractivity contribution < 1.29 is 9.53 Å². The summed E-state index contributed by atoms with van der Waals surface area (Å²) >= 11 is 18.9. The molecule has 0 unspecified atom stereocenters. The maximum absolute atomic E-state index is 12.6. The van der Waals surface area contributed by atoms with Crippen LogP contribution in [0.25, 0.3) is 0 Å². The Morgan fingerprint density at radius 3 is 1.93 bits per heavy atom. The van der Waals surface area contributed by atoms with Gasteiger partial charge in [-0.3, -0.25) is 4.79 Å². The van der Waals surface area contributed by atoms with Gasteiger partial charge in [-0.25, -0.2) is 0 Å². The van der Waals surface area contributed by atoms with E-state index in [0.29, 0.717) is 31.9 Å². The van der Waals surface area contributed by atoms with Crippen molar-refractivity contribution >= 4 is 40.7 Å². The van der Waals surface area contributed by atoms with Gasteiger partial charge in [-0.2, -0.15) is 0 Å². The lowest BCUT2D eigenvalue weighted by atomic mass is 9.48. The second-order valence-corrected chi connectivity index (χ2v) is 10.5. The standard InChI is InChI=1S/C22H28Cl3NO2/c1-11-18(23)12(2)20(25)21(19(11)24)28-10-17(27)26-13(3)22-7-14-4-15(8-22)6-16(5-14)9-22/h13-16H,4-10H2,1-3H3,(H,26,27)/t13-,14?,15?,16?,22?/m1/s1. The minimum atomic E-state index is -0.124. The number of carbonyl (C=O) groups excluding carboxylic acids is 1. The smallest absolute Gasteiger partial charge is 0.258 e. The molecule has 0 heterocycles. The van der Waals surface area contributed by atoms with Crippen LogP contribution in [0.1, 0.15) is 56.6 Å². The number of amides is 1. The Morgan fingerprint density at radius 1 is 1.00 bits per heavy atom. The average Bonchev–Trinajstić information content (AvgIpc) is 2.63. The Morgan fingerprint density at radius 2 is 1.46 bits per heavy atom. The number of hydrogen-bond acceptors (Lipinski definition) is 2. The summed E-state index contributed by atoms with van der Waals surface area (Å²) in [5, 5.41) is 4.47. The number of halogens is 3. The van der Waals surface area contributed by atoms with Crippen LogP contribution in [0.15, 0.2) is 0 Å². The SMILES string of the molecule is Cc1c(Cl)c(C)c(Cl)c(OCC(=O)N[C@H](C)C23CC4CC(CC(C4)C2)C3)c1Cl. The van der Waals surface area contributed by atoms with Gasteiger partial charge in [-0.1, -0.05) is 34.8 Å². The van der Waals surface area contributed by atoms with E-state index in [-0.39, 0.29) is 24.0 Å². The van der Waals surface area contributed by atoms with Gasteiger partial charge in [0.05, 0.1) is 10.0 Å². The maximum atomic E-state index is 12.6. The van der Waals surface area contributed by atoms with Gasteiger partial charge < -0.3 is 10.1 Å². The Labute approximate surface area is 182 Å². The number of rotatable bonds is 5. The molecular weight excluding hydrogens is 417 g/mol. The van der Waals surface area contributed by atoms with Gasteiger partial charge in [-0.15, -0.1) is 0 Å². The molecule has 5 rings (SSSR count). The van der Waals surface area contributed by atoms with Gasteiger partial charge in [0.2, 0.25) is 0 Å². The molecule has 4 aliphatic carbocycles. The van der Waals surface area contributed by atoms with Crippen LogP contribution in [0, 0.1) is 37.0 Å². The highest BCUT2D eigenvalue weighted by atomic mass is 35.5. The summed E-state index contributed by atoms with van der Waals surface area (Å²) in [5.41, 5.74) is 1.69. The Hall–Kier alpha value is -0.640. The van der Waals surface area contributed by atoms with E-state index in [9.17, 15) is 4.79 Å². The maximum Gasteiger partial charge on any atom is 0.258 e. The quantitative estimate of drug-likeness (QED) is 0.573. The second kappa shape index (κ2) is 7.56. The van der Waals surface area contributed by atoms with E-state index in [0.717, 1.165) is 17.8 Å². The molecule has 0 spiro atoms. The molecule has 3 nitrogen and oxygen atoms in total. The molecular formula is C22H28Cl3NO2. The van der Waals surface area contributed by atoms with Crippen molar-refractivity contribution in [3.05, 3.63) is 26.2 Å². The summed E-state index contributed by atoms with van der Waals surface area (Å²) in [5.74, 6) is 2.79. The number of hydrogen-bond donors (Lipinski definition) is 1. The van der Waals surface area contributed by atoms with Gasteiger partial charge in [0.1, 0.15) is 0 Å². The van der Waals surface area contributed by atoms with Gasteiger partial charge in [0.15, 0.2) is 12.4 Å². The molecule has 4 fully saturated rings. The number of benzene rings is 1. The van der Waals surface area contributed by atoms with Crippen LogP contribution in [-0.4, -0.2) is 18.6 Å². The molecule has 1 atom stereocenters. The van der Waals surface area contributed by atoms with Crippen LogP contribution in [0.5, 0.6) is 5.75 Å². The molecule has 0 saturated heterocycles. The molecule has 154 valence electrons. The minimum absolute atomic E-state index is 0.101. The Kier molecular flexibility index (Phi) is 5.57. The lowest BCUT2D eigenvalue weighted by molar-refractivity contribution is -0.127. The fourth-order valence-electron chi connectivity index (χ4n) is 6.32. The third-order valence-electron chi connectivity index (χ3n) is 7.44. The lowest BCUT2D eigenvalue weighted by Crippen LogP contribution is -2.56. The van der Waals surface area contributed by atoms with E-state index >= 15 is 0 Å². The van der Waals surface area contributed by atoms with Crippen LogP contribution in [0.2, 0.25) is 15.1 Å². The molecule has 1 amide bonds. The first-order chi connectivity index (χ1) is 13.2. The van der Waals surface area contributed by atoms with Crippen molar-refractivity contribution in [3.63, 3.8) is 0 Å². The normalized spacial score (nSPS) is 31.7. The minimum Gasteiger partial charge on any atom is -0.481 e. The highest BCUT2D eigenvalue weighted by Crippen LogP contribution is 2.61. The summed E-state index contributed by atoms with van der Waals surface area (Å²) in [6.07, 6.45) is 7.97. The zero-order chi connectivity index (χ0) is 20.2. The Balaban J connectivity index is 1.41. The fourth-order valence-corrected chi connectivity index (χ4v) is 7.14. The molecule has 28 heavy (non-hydrogen) atoms. The van der Waals surface area contributed by atoms with Gasteiger partial charge >= 0.3 is 0 Å². The van der Waals surface area contributed by atoms with E-state index < -0.39 is 0 Å². The third kappa shape index (κ3) is 3.52. The van der Waals surface area contributed by atoms with Crippen molar-refractivity contribution in [2.24, 2.45) is 23.2 Å². The average molecular weight is 445 g/mol. The number of ether oxygens (including phenoxy) is 1. The monoisotopic (exact) mass is 443 g/mol. The summed E-state index contributed by atoms with van der Waals surface area (Å²) in [6.45, 7) is 5.70. The van der Waals surface area contributed by atoms with E-state index in [1.807, 2.05) is 13.8 Å². The zero-order valence-corrected chi connectivity index (χ0v) is 19.0. The highest BCUT2D eigenvalue weighted by Gasteiger charge is 2.53. The number of nitrogens with one attached hydrogen (secondary N) is 1. The first-order valence-electron chi connectivity index (χ1n) is 10.3. The first-order valence-corrected chi connectivity index (χ1v) is 11.4. The van der Waals surface area contributed by atoms with Crippen LogP contribution in [-0.2, 0) is 4.79 Å². The summed E-state index contributed by atoms with van der Waals surface area (Å²) in [4.78, 5) is 12.6. The van der Waals surface area contributed by atoms with Gasteiger partial charge in [0, 0.05) is 11.1 Å². The topological polar surface area (TPSA) is 38.3 Å². The molecule has 0 aromatic heterocycles. The molecule has 4 bridgehead atoms. The van der Waals surface area contributed by atoms with Crippen LogP contribution >= 0.6 is 34.8 Å². The highest BCUT2D eigenvalue weighted by molar-refractivity contribution is 6.42. The molecule has 0 aliphatic heterocycles. The van der Waals surface area contributed by atoms with Crippen LogP contribution < -0.4 is 10.1 Å². The number of carbonyl (C=O) groups is 1. The van der Waals surface area contributed by atoms with E-state index in [1.165, 1.54) is 38.5 Å². The molecule has 0 radical (unpaired) electrons. The van der Waals surface area contributed by atoms with Crippen molar-refractivity contribution in [2.45, 2.75) is 65.3 Å². The predicted molar refractivity (Wildman–Crippen MR) is 115 cm³/mol. The zero-order valence-electron chi connectivity index (χ0n) is 16.7. The molecule has 1 aromatic rings. The van der Waals surface area contributed by atoms with Crippen molar-refractivity contribution in [1.82, 2.24) is 5.32 Å². The van der Waals surface area contributed by atoms with E-state index in [1.54, 1.807) is 0 Å². The first kappa shape index (κ1) is 20.6. The van der Waals surface area contributed by atoms with E-state index in [2.05, 4.69) is 12.2 Å². The second-order valence-electron chi connectivity index (χ2n) is 9.38. The lowest BCUT2D eigenvalue weighted by Gasteiger charge is -2.59. The summed E-state index contributed by atoms with van der Waals surface area (Å²) in [7, 11) is 0. The summed E-state index contributed by atoms with van der Waals surface area (Å²) < 4.78 is 5.73. The molecule has 4 aliphatic rings. The van der Waals surface area contributed by atoms with Gasteiger partial charge in [-0.05, 0) is 93.6 Å². The molecule has 6 heteroatoms.